The topological polar surface area (TPSA) is 87.1 Å². The Bertz CT molecular complexity index is 513. The highest BCUT2D eigenvalue weighted by molar-refractivity contribution is 6.20. The summed E-state index contributed by atoms with van der Waals surface area (Å²) in [5.41, 5.74) is 0.674. The van der Waals surface area contributed by atoms with E-state index in [1.54, 1.807) is 24.3 Å². The molecule has 1 fully saturated rings. The van der Waals surface area contributed by atoms with Crippen LogP contribution in [0.15, 0.2) is 24.3 Å². The standard InChI is InChI=1S/C14H15NO5/c16-11-5-8(6-12(11)17)7-20-15-13(18)9-3-1-2-4-10(9)14(15)19/h1-4,8,11-12,16-17H,5-7H2/t8?,11-,12+. The van der Waals surface area contributed by atoms with E-state index in [1.807, 2.05) is 0 Å². The van der Waals surface area contributed by atoms with Gasteiger partial charge in [-0.2, -0.15) is 0 Å². The first kappa shape index (κ1) is 13.2. The number of amides is 2. The van der Waals surface area contributed by atoms with E-state index in [-0.39, 0.29) is 12.5 Å². The second kappa shape index (κ2) is 4.97. The van der Waals surface area contributed by atoms with E-state index in [0.29, 0.717) is 24.0 Å². The van der Waals surface area contributed by atoms with Gasteiger partial charge in [-0.1, -0.05) is 12.1 Å². The number of aliphatic hydroxyl groups excluding tert-OH is 2. The normalized spacial score (nSPS) is 29.1. The highest BCUT2D eigenvalue weighted by Gasteiger charge is 2.38. The summed E-state index contributed by atoms with van der Waals surface area (Å²) in [5.74, 6) is -1.00. The Morgan fingerprint density at radius 2 is 1.55 bits per heavy atom. The number of imide groups is 1. The van der Waals surface area contributed by atoms with Crippen LogP contribution < -0.4 is 0 Å². The highest BCUT2D eigenvalue weighted by Crippen LogP contribution is 2.28. The van der Waals surface area contributed by atoms with E-state index in [1.165, 1.54) is 0 Å². The molecule has 2 amide bonds. The molecule has 20 heavy (non-hydrogen) atoms. The SMILES string of the molecule is O=C1c2ccccc2C(=O)N1OCC1C[C@@H](O)[C@@H](O)C1. The molecule has 2 aliphatic rings. The molecule has 1 aliphatic carbocycles. The number of benzene rings is 1. The van der Waals surface area contributed by atoms with Crippen molar-refractivity contribution in [3.8, 4) is 0 Å². The minimum absolute atomic E-state index is 0.0655. The number of nitrogens with zero attached hydrogens (tertiary/aromatic N) is 1. The van der Waals surface area contributed by atoms with Crippen molar-refractivity contribution in [3.05, 3.63) is 35.4 Å². The predicted octanol–water partition coefficient (Wildman–Crippen LogP) is 0.346. The lowest BCUT2D eigenvalue weighted by Crippen LogP contribution is -2.31. The van der Waals surface area contributed by atoms with Crippen molar-refractivity contribution < 1.29 is 24.6 Å². The number of aliphatic hydroxyl groups is 2. The first-order valence-corrected chi connectivity index (χ1v) is 6.55. The second-order valence-corrected chi connectivity index (χ2v) is 5.22. The van der Waals surface area contributed by atoms with Gasteiger partial charge in [0.25, 0.3) is 11.8 Å². The zero-order valence-electron chi connectivity index (χ0n) is 10.7. The maximum Gasteiger partial charge on any atom is 0.285 e. The van der Waals surface area contributed by atoms with Gasteiger partial charge in [0, 0.05) is 0 Å². The number of hydrogen-bond acceptors (Lipinski definition) is 5. The van der Waals surface area contributed by atoms with Gasteiger partial charge in [-0.3, -0.25) is 14.4 Å². The molecule has 1 saturated carbocycles. The van der Waals surface area contributed by atoms with E-state index in [0.717, 1.165) is 5.06 Å². The quantitative estimate of drug-likeness (QED) is 0.778. The monoisotopic (exact) mass is 277 g/mol. The molecule has 106 valence electrons. The summed E-state index contributed by atoms with van der Waals surface area (Å²) in [4.78, 5) is 29.3. The highest BCUT2D eigenvalue weighted by atomic mass is 16.7. The van der Waals surface area contributed by atoms with Crippen molar-refractivity contribution in [3.63, 3.8) is 0 Å². The van der Waals surface area contributed by atoms with Crippen LogP contribution in [-0.2, 0) is 4.84 Å². The van der Waals surface area contributed by atoms with Gasteiger partial charge in [0.05, 0.1) is 29.9 Å². The minimum Gasteiger partial charge on any atom is -0.390 e. The Balaban J connectivity index is 1.66. The molecular weight excluding hydrogens is 262 g/mol. The molecule has 1 aliphatic heterocycles. The Morgan fingerprint density at radius 3 is 2.05 bits per heavy atom. The van der Waals surface area contributed by atoms with Crippen LogP contribution in [-0.4, -0.2) is 45.9 Å². The molecule has 1 heterocycles. The van der Waals surface area contributed by atoms with Crippen LogP contribution in [0.3, 0.4) is 0 Å². The summed E-state index contributed by atoms with van der Waals surface area (Å²) in [7, 11) is 0. The molecule has 1 aromatic rings. The van der Waals surface area contributed by atoms with E-state index in [4.69, 9.17) is 4.84 Å². The van der Waals surface area contributed by atoms with E-state index >= 15 is 0 Å². The summed E-state index contributed by atoms with van der Waals surface area (Å²) < 4.78 is 0. The van der Waals surface area contributed by atoms with Crippen molar-refractivity contribution in [1.82, 2.24) is 5.06 Å². The summed E-state index contributed by atoms with van der Waals surface area (Å²) in [6, 6.07) is 6.55. The first-order valence-electron chi connectivity index (χ1n) is 6.55. The molecule has 3 rings (SSSR count). The minimum atomic E-state index is -0.759. The molecule has 6 heteroatoms. The lowest BCUT2D eigenvalue weighted by molar-refractivity contribution is -0.103. The third kappa shape index (κ3) is 2.11. The Hall–Kier alpha value is -1.76. The number of rotatable bonds is 3. The lowest BCUT2D eigenvalue weighted by atomic mass is 10.1. The van der Waals surface area contributed by atoms with Crippen LogP contribution in [0.1, 0.15) is 33.6 Å². The van der Waals surface area contributed by atoms with Gasteiger partial charge in [-0.05, 0) is 30.9 Å². The smallest absolute Gasteiger partial charge is 0.285 e. The van der Waals surface area contributed by atoms with Crippen molar-refractivity contribution in [2.24, 2.45) is 5.92 Å². The molecular formula is C14H15NO5. The zero-order valence-corrected chi connectivity index (χ0v) is 10.7. The van der Waals surface area contributed by atoms with Gasteiger partial charge in [-0.25, -0.2) is 0 Å². The fourth-order valence-corrected chi connectivity index (χ4v) is 2.69. The summed E-state index contributed by atoms with van der Waals surface area (Å²) in [5, 5.41) is 19.7. The zero-order chi connectivity index (χ0) is 14.3. The summed E-state index contributed by atoms with van der Waals surface area (Å²) in [6.07, 6.45) is -0.703. The number of hydroxylamine groups is 2. The maximum absolute atomic E-state index is 12.0. The molecule has 3 atom stereocenters. The average Bonchev–Trinajstić information content (AvgIpc) is 2.88. The number of carbonyl (C=O) groups is 2. The molecule has 0 bridgehead atoms. The Labute approximate surface area is 115 Å². The van der Waals surface area contributed by atoms with E-state index in [2.05, 4.69) is 0 Å². The van der Waals surface area contributed by atoms with Crippen LogP contribution >= 0.6 is 0 Å². The van der Waals surface area contributed by atoms with Gasteiger partial charge in [0.1, 0.15) is 0 Å². The fourth-order valence-electron chi connectivity index (χ4n) is 2.69. The van der Waals surface area contributed by atoms with Crippen molar-refractivity contribution in [1.29, 1.82) is 0 Å². The van der Waals surface area contributed by atoms with Crippen molar-refractivity contribution in [2.45, 2.75) is 25.0 Å². The van der Waals surface area contributed by atoms with Gasteiger partial charge in [-0.15, -0.1) is 5.06 Å². The first-order chi connectivity index (χ1) is 9.58. The Kier molecular flexibility index (Phi) is 3.29. The fraction of sp³-hybridized carbons (Fsp3) is 0.429. The lowest BCUT2D eigenvalue weighted by Gasteiger charge is -2.16. The third-order valence-corrected chi connectivity index (χ3v) is 3.79. The van der Waals surface area contributed by atoms with Gasteiger partial charge < -0.3 is 10.2 Å². The molecule has 0 saturated heterocycles. The van der Waals surface area contributed by atoms with Crippen LogP contribution in [0, 0.1) is 5.92 Å². The molecule has 0 aromatic heterocycles. The predicted molar refractivity (Wildman–Crippen MR) is 67.6 cm³/mol. The number of carbonyl (C=O) groups excluding carboxylic acids is 2. The van der Waals surface area contributed by atoms with Crippen molar-refractivity contribution >= 4 is 11.8 Å². The van der Waals surface area contributed by atoms with Crippen molar-refractivity contribution in [2.75, 3.05) is 6.61 Å². The van der Waals surface area contributed by atoms with Crippen LogP contribution in [0.2, 0.25) is 0 Å². The van der Waals surface area contributed by atoms with Gasteiger partial charge >= 0.3 is 0 Å². The Morgan fingerprint density at radius 1 is 1.05 bits per heavy atom. The average molecular weight is 277 g/mol. The molecule has 1 aromatic carbocycles. The van der Waals surface area contributed by atoms with Crippen LogP contribution in [0.25, 0.3) is 0 Å². The van der Waals surface area contributed by atoms with Gasteiger partial charge in [0.15, 0.2) is 0 Å². The molecule has 2 N–H and O–H groups in total. The summed E-state index contributed by atoms with van der Waals surface area (Å²) in [6.45, 7) is 0.125. The van der Waals surface area contributed by atoms with Crippen LogP contribution in [0.4, 0.5) is 0 Å². The largest absolute Gasteiger partial charge is 0.390 e. The maximum atomic E-state index is 12.0. The van der Waals surface area contributed by atoms with Crippen LogP contribution in [0.5, 0.6) is 0 Å². The number of hydrogen-bond donors (Lipinski definition) is 2. The molecule has 1 unspecified atom stereocenters. The summed E-state index contributed by atoms with van der Waals surface area (Å²) >= 11 is 0. The van der Waals surface area contributed by atoms with E-state index in [9.17, 15) is 19.8 Å². The van der Waals surface area contributed by atoms with E-state index < -0.39 is 24.0 Å². The molecule has 6 nitrogen and oxygen atoms in total. The molecule has 0 radical (unpaired) electrons. The van der Waals surface area contributed by atoms with Gasteiger partial charge in [0.2, 0.25) is 0 Å². The second-order valence-electron chi connectivity index (χ2n) is 5.22. The molecule has 0 spiro atoms. The third-order valence-electron chi connectivity index (χ3n) is 3.79. The number of fused-ring (bicyclic) bond motifs is 1.